The van der Waals surface area contributed by atoms with Crippen molar-refractivity contribution in [2.45, 2.75) is 297 Å². The number of hydrogen-bond donors (Lipinski definition) is 0. The van der Waals surface area contributed by atoms with Crippen LogP contribution in [0.25, 0.3) is 0 Å². The zero-order valence-corrected chi connectivity index (χ0v) is 45.6. The Hall–Kier alpha value is -3.15. The van der Waals surface area contributed by atoms with Crippen LogP contribution in [0.15, 0.2) is 72.9 Å². The third-order valence-corrected chi connectivity index (χ3v) is 12.7. The fraction of sp³-hybridized carbons (Fsp3) is 0.762. The van der Waals surface area contributed by atoms with Crippen LogP contribution in [0, 0.1) is 0 Å². The van der Waals surface area contributed by atoms with Crippen LogP contribution >= 0.6 is 0 Å². The Morgan fingerprint density at radius 2 is 0.536 bits per heavy atom. The largest absolute Gasteiger partial charge is 0.462 e. The number of ether oxygens (including phenoxy) is 3. The molecule has 0 aromatic carbocycles. The molecule has 0 amide bonds. The van der Waals surface area contributed by atoms with E-state index in [0.29, 0.717) is 19.3 Å². The second-order valence-electron chi connectivity index (χ2n) is 19.5. The summed E-state index contributed by atoms with van der Waals surface area (Å²) in [6.07, 6.45) is 73.1. The second-order valence-corrected chi connectivity index (χ2v) is 19.5. The molecule has 398 valence electrons. The first-order valence-corrected chi connectivity index (χ1v) is 29.4. The topological polar surface area (TPSA) is 78.9 Å². The van der Waals surface area contributed by atoms with Gasteiger partial charge in [-0.15, -0.1) is 0 Å². The van der Waals surface area contributed by atoms with Gasteiger partial charge in [-0.1, -0.05) is 235 Å². The standard InChI is InChI=1S/C63H110O6/c1-4-7-10-13-16-19-22-25-28-30-32-34-35-38-41-44-47-50-53-56-62(65)68-59-60(58-67-61(64)55-52-49-46-43-40-37-27-24-21-18-15-12-9-6-3)69-63(66)57-54-51-48-45-42-39-36-33-31-29-26-23-20-17-14-11-8-5-2/h15-16,18-19,24-25,27-29,31-32,34,60H,4-14,17,20-23,26,30,33,35-59H2,1-3H3/b18-15-,19-16-,27-24-,28-25-,31-29-,34-32-. The van der Waals surface area contributed by atoms with Crippen LogP contribution < -0.4 is 0 Å². The summed E-state index contributed by atoms with van der Waals surface area (Å²) < 4.78 is 16.9. The number of rotatable bonds is 53. The van der Waals surface area contributed by atoms with Gasteiger partial charge >= 0.3 is 17.9 Å². The Bertz CT molecular complexity index is 1290. The Balaban J connectivity index is 4.41. The predicted molar refractivity (Wildman–Crippen MR) is 298 cm³/mol. The fourth-order valence-corrected chi connectivity index (χ4v) is 8.17. The molecule has 0 bridgehead atoms. The highest BCUT2D eigenvalue weighted by molar-refractivity contribution is 5.71. The molecule has 0 aliphatic rings. The normalized spacial score (nSPS) is 12.6. The van der Waals surface area contributed by atoms with E-state index in [4.69, 9.17) is 14.2 Å². The molecule has 0 aliphatic carbocycles. The molecule has 1 atom stereocenters. The number of hydrogen-bond acceptors (Lipinski definition) is 6. The van der Waals surface area contributed by atoms with Crippen LogP contribution in [0.2, 0.25) is 0 Å². The van der Waals surface area contributed by atoms with Gasteiger partial charge in [0.2, 0.25) is 0 Å². The van der Waals surface area contributed by atoms with Gasteiger partial charge in [0, 0.05) is 19.3 Å². The predicted octanol–water partition coefficient (Wildman–Crippen LogP) is 19.8. The lowest BCUT2D eigenvalue weighted by atomic mass is 10.1. The van der Waals surface area contributed by atoms with E-state index in [1.807, 2.05) is 0 Å². The molecule has 0 aromatic heterocycles. The van der Waals surface area contributed by atoms with Crippen LogP contribution in [0.3, 0.4) is 0 Å². The molecule has 0 N–H and O–H groups in total. The van der Waals surface area contributed by atoms with Crippen molar-refractivity contribution in [2.24, 2.45) is 0 Å². The van der Waals surface area contributed by atoms with E-state index in [-0.39, 0.29) is 31.1 Å². The minimum absolute atomic E-state index is 0.0881. The lowest BCUT2D eigenvalue weighted by Crippen LogP contribution is -2.30. The van der Waals surface area contributed by atoms with Gasteiger partial charge in [0.15, 0.2) is 6.10 Å². The van der Waals surface area contributed by atoms with Gasteiger partial charge in [-0.25, -0.2) is 0 Å². The molecule has 6 nitrogen and oxygen atoms in total. The van der Waals surface area contributed by atoms with Gasteiger partial charge in [-0.05, 0) is 109 Å². The van der Waals surface area contributed by atoms with E-state index in [2.05, 4.69) is 93.7 Å². The van der Waals surface area contributed by atoms with E-state index < -0.39 is 6.10 Å². The molecule has 6 heteroatoms. The maximum absolute atomic E-state index is 12.9. The van der Waals surface area contributed by atoms with E-state index in [1.165, 1.54) is 154 Å². The lowest BCUT2D eigenvalue weighted by molar-refractivity contribution is -0.167. The molecule has 69 heavy (non-hydrogen) atoms. The minimum Gasteiger partial charge on any atom is -0.462 e. The molecule has 0 saturated carbocycles. The minimum atomic E-state index is -0.790. The van der Waals surface area contributed by atoms with E-state index in [1.54, 1.807) is 0 Å². The van der Waals surface area contributed by atoms with Gasteiger partial charge in [0.1, 0.15) is 13.2 Å². The Morgan fingerprint density at radius 1 is 0.290 bits per heavy atom. The van der Waals surface area contributed by atoms with Gasteiger partial charge in [-0.2, -0.15) is 0 Å². The van der Waals surface area contributed by atoms with Gasteiger partial charge in [0.25, 0.3) is 0 Å². The number of carbonyl (C=O) groups excluding carboxylic acids is 3. The first-order chi connectivity index (χ1) is 34.0. The first kappa shape index (κ1) is 65.8. The van der Waals surface area contributed by atoms with Crippen LogP contribution in [0.1, 0.15) is 290 Å². The summed E-state index contributed by atoms with van der Waals surface area (Å²) in [6, 6.07) is 0. The molecule has 0 aliphatic heterocycles. The highest BCUT2D eigenvalue weighted by Crippen LogP contribution is 2.15. The summed E-state index contributed by atoms with van der Waals surface area (Å²) in [4.78, 5) is 38.2. The molecular weight excluding hydrogens is 853 g/mol. The summed E-state index contributed by atoms with van der Waals surface area (Å²) >= 11 is 0. The van der Waals surface area contributed by atoms with Crippen LogP contribution in [-0.4, -0.2) is 37.2 Å². The summed E-state index contributed by atoms with van der Waals surface area (Å²) in [5.41, 5.74) is 0. The maximum Gasteiger partial charge on any atom is 0.306 e. The highest BCUT2D eigenvalue weighted by Gasteiger charge is 2.19. The molecular formula is C63H110O6. The summed E-state index contributed by atoms with van der Waals surface area (Å²) in [7, 11) is 0. The zero-order chi connectivity index (χ0) is 50.0. The molecule has 0 saturated heterocycles. The van der Waals surface area contributed by atoms with Crippen molar-refractivity contribution in [2.75, 3.05) is 13.2 Å². The van der Waals surface area contributed by atoms with E-state index >= 15 is 0 Å². The maximum atomic E-state index is 12.9. The van der Waals surface area contributed by atoms with Crippen molar-refractivity contribution in [1.29, 1.82) is 0 Å². The Morgan fingerprint density at radius 3 is 0.899 bits per heavy atom. The zero-order valence-electron chi connectivity index (χ0n) is 45.6. The monoisotopic (exact) mass is 963 g/mol. The van der Waals surface area contributed by atoms with Crippen LogP contribution in [0.4, 0.5) is 0 Å². The number of carbonyl (C=O) groups is 3. The van der Waals surface area contributed by atoms with E-state index in [0.717, 1.165) is 96.3 Å². The molecule has 0 radical (unpaired) electrons. The average molecular weight is 964 g/mol. The molecule has 0 rings (SSSR count). The fourth-order valence-electron chi connectivity index (χ4n) is 8.17. The van der Waals surface area contributed by atoms with Crippen molar-refractivity contribution < 1.29 is 28.6 Å². The molecule has 0 aromatic rings. The molecule has 0 spiro atoms. The van der Waals surface area contributed by atoms with Crippen LogP contribution in [-0.2, 0) is 28.6 Å². The van der Waals surface area contributed by atoms with Gasteiger partial charge in [-0.3, -0.25) is 14.4 Å². The number of esters is 3. The number of allylic oxidation sites excluding steroid dienone is 12. The molecule has 0 fully saturated rings. The molecule has 1 unspecified atom stereocenters. The highest BCUT2D eigenvalue weighted by atomic mass is 16.6. The van der Waals surface area contributed by atoms with Gasteiger partial charge < -0.3 is 14.2 Å². The smallest absolute Gasteiger partial charge is 0.306 e. The van der Waals surface area contributed by atoms with Crippen molar-refractivity contribution in [1.82, 2.24) is 0 Å². The Labute approximate surface area is 427 Å². The van der Waals surface area contributed by atoms with Crippen molar-refractivity contribution in [3.05, 3.63) is 72.9 Å². The quantitative estimate of drug-likeness (QED) is 0.0262. The third-order valence-electron chi connectivity index (χ3n) is 12.7. The average Bonchev–Trinajstić information content (AvgIpc) is 3.35. The Kier molecular flexibility index (Phi) is 54.8. The number of unbranched alkanes of at least 4 members (excludes halogenated alkanes) is 30. The SMILES string of the molecule is CCCC/C=C\C/C=C\CCCCCCCC(=O)OCC(COC(=O)CCCCCCCC/C=C\C/C=C\C/C=C\CCCCC)OC(=O)CCCCCCCCC/C=C\CCCCCCCCC. The summed E-state index contributed by atoms with van der Waals surface area (Å²) in [6.45, 7) is 6.56. The van der Waals surface area contributed by atoms with Crippen molar-refractivity contribution in [3.63, 3.8) is 0 Å². The van der Waals surface area contributed by atoms with Crippen LogP contribution in [0.5, 0.6) is 0 Å². The summed E-state index contributed by atoms with van der Waals surface area (Å²) in [5.74, 6) is -0.909. The van der Waals surface area contributed by atoms with E-state index in [9.17, 15) is 14.4 Å². The second kappa shape index (κ2) is 57.4. The first-order valence-electron chi connectivity index (χ1n) is 29.4. The van der Waals surface area contributed by atoms with Crippen molar-refractivity contribution in [3.8, 4) is 0 Å². The van der Waals surface area contributed by atoms with Gasteiger partial charge in [0.05, 0.1) is 0 Å². The summed E-state index contributed by atoms with van der Waals surface area (Å²) in [5, 5.41) is 0. The van der Waals surface area contributed by atoms with Crippen molar-refractivity contribution >= 4 is 17.9 Å². The molecule has 0 heterocycles. The third kappa shape index (κ3) is 55.6. The lowest BCUT2D eigenvalue weighted by Gasteiger charge is -2.18.